The van der Waals surface area contributed by atoms with Gasteiger partial charge in [0.25, 0.3) is 0 Å². The van der Waals surface area contributed by atoms with Crippen molar-refractivity contribution in [3.8, 4) is 17.4 Å². The summed E-state index contributed by atoms with van der Waals surface area (Å²) in [6.45, 7) is 5.34. The molecule has 0 spiro atoms. The van der Waals surface area contributed by atoms with E-state index in [1.54, 1.807) is 0 Å². The van der Waals surface area contributed by atoms with Crippen LogP contribution in [0.25, 0.3) is 10.9 Å². The Hall–Kier alpha value is -3.77. The smallest absolute Gasteiger partial charge is 0.199 e. The maximum atomic E-state index is 10.9. The zero-order valence-corrected chi connectivity index (χ0v) is 18.3. The van der Waals surface area contributed by atoms with Crippen molar-refractivity contribution in [2.24, 2.45) is 10.7 Å². The van der Waals surface area contributed by atoms with Gasteiger partial charge in [-0.2, -0.15) is 0 Å². The number of nitrogens with two attached hydrogens (primary N) is 1. The topological polar surface area (TPSA) is 92.9 Å². The van der Waals surface area contributed by atoms with Crippen LogP contribution in [0.15, 0.2) is 71.7 Å². The van der Waals surface area contributed by atoms with Crippen molar-refractivity contribution in [1.82, 2.24) is 4.98 Å². The van der Waals surface area contributed by atoms with Gasteiger partial charge in [0.1, 0.15) is 0 Å². The number of hydrogen-bond donors (Lipinski definition) is 3. The first-order valence-corrected chi connectivity index (χ1v) is 10.7. The average Bonchev–Trinajstić information content (AvgIpc) is 3.13. The fourth-order valence-electron chi connectivity index (χ4n) is 3.66. The number of aromatic hydroxyl groups is 1. The van der Waals surface area contributed by atoms with E-state index in [1.165, 1.54) is 0 Å². The van der Waals surface area contributed by atoms with Crippen LogP contribution >= 0.6 is 0 Å². The van der Waals surface area contributed by atoms with E-state index < -0.39 is 0 Å². The maximum absolute atomic E-state index is 10.9. The van der Waals surface area contributed by atoms with Crippen LogP contribution in [0.5, 0.6) is 17.4 Å². The highest BCUT2D eigenvalue weighted by Crippen LogP contribution is 2.38. The molecule has 0 bridgehead atoms. The lowest BCUT2D eigenvalue weighted by Gasteiger charge is -2.12. The van der Waals surface area contributed by atoms with E-state index in [9.17, 15) is 5.11 Å². The first-order chi connectivity index (χ1) is 15.6. The van der Waals surface area contributed by atoms with Crippen LogP contribution in [0, 0.1) is 0 Å². The molecule has 0 aliphatic carbocycles. The van der Waals surface area contributed by atoms with Crippen molar-refractivity contribution in [3.63, 3.8) is 0 Å². The van der Waals surface area contributed by atoms with E-state index in [-0.39, 0.29) is 5.88 Å². The van der Waals surface area contributed by atoms with Gasteiger partial charge < -0.3 is 25.3 Å². The molecule has 0 unspecified atom stereocenters. The minimum atomic E-state index is 0.0391. The summed E-state index contributed by atoms with van der Waals surface area (Å²) in [5.74, 6) is 1.30. The van der Waals surface area contributed by atoms with Gasteiger partial charge in [-0.15, -0.1) is 0 Å². The number of aromatic amines is 1. The predicted octanol–water partition coefficient (Wildman–Crippen LogP) is 5.30. The summed E-state index contributed by atoms with van der Waals surface area (Å²) in [7, 11) is 0. The van der Waals surface area contributed by atoms with Gasteiger partial charge in [-0.1, -0.05) is 42.5 Å². The molecular formula is C26H27N3O3. The van der Waals surface area contributed by atoms with Crippen molar-refractivity contribution >= 4 is 22.3 Å². The fourth-order valence-corrected chi connectivity index (χ4v) is 3.66. The Kier molecular flexibility index (Phi) is 6.42. The molecule has 0 atom stereocenters. The minimum absolute atomic E-state index is 0.0391. The molecule has 32 heavy (non-hydrogen) atoms. The molecular weight excluding hydrogens is 402 g/mol. The maximum Gasteiger partial charge on any atom is 0.199 e. The summed E-state index contributed by atoms with van der Waals surface area (Å²) < 4.78 is 11.6. The second-order valence-corrected chi connectivity index (χ2v) is 7.26. The molecule has 0 fully saturated rings. The number of rotatable bonds is 8. The number of benzene rings is 3. The molecule has 0 radical (unpaired) electrons. The number of hydrogen-bond acceptors (Lipinski definition) is 5. The summed E-state index contributed by atoms with van der Waals surface area (Å²) in [6, 6.07) is 21.3. The van der Waals surface area contributed by atoms with Crippen LogP contribution in [0.1, 0.15) is 30.5 Å². The van der Waals surface area contributed by atoms with Gasteiger partial charge in [0.15, 0.2) is 17.4 Å². The predicted molar refractivity (Wildman–Crippen MR) is 128 cm³/mol. The summed E-state index contributed by atoms with van der Waals surface area (Å²) in [4.78, 5) is 7.99. The SMILES string of the molecule is CCOc1cc2[nH]c(O)c(C(=Nc3ccc(CN)cc3)c3ccccc3)c2cc1OCC. The normalized spacial score (nSPS) is 11.7. The Morgan fingerprint density at radius 3 is 2.22 bits per heavy atom. The molecule has 1 heterocycles. The number of nitrogens with zero attached hydrogens (tertiary/aromatic N) is 1. The van der Waals surface area contributed by atoms with E-state index in [0.717, 1.165) is 27.7 Å². The van der Waals surface area contributed by atoms with Crippen molar-refractivity contribution in [2.45, 2.75) is 20.4 Å². The highest BCUT2D eigenvalue weighted by molar-refractivity contribution is 6.22. The largest absolute Gasteiger partial charge is 0.494 e. The Morgan fingerprint density at radius 1 is 0.938 bits per heavy atom. The van der Waals surface area contributed by atoms with Crippen molar-refractivity contribution < 1.29 is 14.6 Å². The minimum Gasteiger partial charge on any atom is -0.494 e. The Balaban J connectivity index is 1.94. The van der Waals surface area contributed by atoms with Crippen molar-refractivity contribution in [2.75, 3.05) is 13.2 Å². The standard InChI is InChI=1S/C26H27N3O3/c1-3-31-22-14-20-21(15-23(22)32-4-2)29-26(30)24(20)25(18-8-6-5-7-9-18)28-19-12-10-17(16-27)11-13-19/h5-15,29-30H,3-4,16,27H2,1-2H3. The molecule has 4 N–H and O–H groups in total. The highest BCUT2D eigenvalue weighted by Gasteiger charge is 2.21. The first kappa shape index (κ1) is 21.5. The molecule has 0 saturated carbocycles. The van der Waals surface area contributed by atoms with Gasteiger partial charge in [0.2, 0.25) is 0 Å². The lowest BCUT2D eigenvalue weighted by Crippen LogP contribution is -2.03. The molecule has 4 rings (SSSR count). The first-order valence-electron chi connectivity index (χ1n) is 10.7. The fraction of sp³-hybridized carbons (Fsp3) is 0.192. The zero-order chi connectivity index (χ0) is 22.5. The molecule has 0 aliphatic rings. The molecule has 6 heteroatoms. The molecule has 1 aromatic heterocycles. The van der Waals surface area contributed by atoms with Gasteiger partial charge >= 0.3 is 0 Å². The Bertz CT molecular complexity index is 1230. The lowest BCUT2D eigenvalue weighted by atomic mass is 10.0. The molecule has 4 aromatic rings. The van der Waals surface area contributed by atoms with Crippen LogP contribution in [0.3, 0.4) is 0 Å². The number of nitrogens with one attached hydrogen (secondary N) is 1. The molecule has 164 valence electrons. The second kappa shape index (κ2) is 9.58. The van der Waals surface area contributed by atoms with Crippen molar-refractivity contribution in [1.29, 1.82) is 0 Å². The number of fused-ring (bicyclic) bond motifs is 1. The van der Waals surface area contributed by atoms with Crippen LogP contribution in [0.2, 0.25) is 0 Å². The van der Waals surface area contributed by atoms with Crippen LogP contribution in [-0.4, -0.2) is 29.0 Å². The number of H-pyrrole nitrogens is 1. The molecule has 6 nitrogen and oxygen atoms in total. The van der Waals surface area contributed by atoms with Gasteiger partial charge in [-0.3, -0.25) is 0 Å². The third-order valence-corrected chi connectivity index (χ3v) is 5.14. The van der Waals surface area contributed by atoms with Gasteiger partial charge in [0.05, 0.1) is 35.7 Å². The lowest BCUT2D eigenvalue weighted by molar-refractivity contribution is 0.288. The zero-order valence-electron chi connectivity index (χ0n) is 18.3. The number of ether oxygens (including phenoxy) is 2. The monoisotopic (exact) mass is 429 g/mol. The van der Waals surface area contributed by atoms with Crippen molar-refractivity contribution in [3.05, 3.63) is 83.4 Å². The Morgan fingerprint density at radius 2 is 1.59 bits per heavy atom. The average molecular weight is 430 g/mol. The van der Waals surface area contributed by atoms with E-state index in [4.69, 9.17) is 20.2 Å². The van der Waals surface area contributed by atoms with Gasteiger partial charge in [0, 0.05) is 23.6 Å². The highest BCUT2D eigenvalue weighted by atomic mass is 16.5. The summed E-state index contributed by atoms with van der Waals surface area (Å²) >= 11 is 0. The Labute approximate surface area is 187 Å². The van der Waals surface area contributed by atoms with E-state index in [0.29, 0.717) is 42.5 Å². The van der Waals surface area contributed by atoms with Gasteiger partial charge in [-0.25, -0.2) is 4.99 Å². The summed E-state index contributed by atoms with van der Waals surface area (Å²) in [5.41, 5.74) is 10.4. The summed E-state index contributed by atoms with van der Waals surface area (Å²) in [5, 5.41) is 11.7. The quantitative estimate of drug-likeness (QED) is 0.331. The number of aromatic nitrogens is 1. The molecule has 0 amide bonds. The van der Waals surface area contributed by atoms with Gasteiger partial charge in [-0.05, 0) is 37.6 Å². The van der Waals surface area contributed by atoms with Crippen LogP contribution < -0.4 is 15.2 Å². The van der Waals surface area contributed by atoms with E-state index in [1.807, 2.05) is 80.6 Å². The molecule has 3 aromatic carbocycles. The van der Waals surface area contributed by atoms with Crippen LogP contribution in [-0.2, 0) is 6.54 Å². The molecule has 0 saturated heterocycles. The van der Waals surface area contributed by atoms with E-state index in [2.05, 4.69) is 4.98 Å². The second-order valence-electron chi connectivity index (χ2n) is 7.26. The summed E-state index contributed by atoms with van der Waals surface area (Å²) in [6.07, 6.45) is 0. The molecule has 0 aliphatic heterocycles. The van der Waals surface area contributed by atoms with E-state index >= 15 is 0 Å². The third kappa shape index (κ3) is 4.31. The number of aliphatic imine (C=N–C) groups is 1. The van der Waals surface area contributed by atoms with Crippen LogP contribution in [0.4, 0.5) is 5.69 Å². The third-order valence-electron chi connectivity index (χ3n) is 5.14.